The van der Waals surface area contributed by atoms with Gasteiger partial charge in [-0.15, -0.1) is 0 Å². The lowest BCUT2D eigenvalue weighted by Gasteiger charge is -2.31. The summed E-state index contributed by atoms with van der Waals surface area (Å²) in [4.78, 5) is 37.3. The third-order valence-corrected chi connectivity index (χ3v) is 4.76. The van der Waals surface area contributed by atoms with Crippen molar-refractivity contribution in [3.63, 3.8) is 0 Å². The van der Waals surface area contributed by atoms with E-state index in [0.29, 0.717) is 13.1 Å². The number of benzene rings is 1. The van der Waals surface area contributed by atoms with Gasteiger partial charge in [0, 0.05) is 25.6 Å². The van der Waals surface area contributed by atoms with Gasteiger partial charge in [0.05, 0.1) is 5.56 Å². The summed E-state index contributed by atoms with van der Waals surface area (Å²) in [6.45, 7) is 4.78. The Morgan fingerprint density at radius 2 is 2.12 bits per heavy atom. The van der Waals surface area contributed by atoms with E-state index in [1.54, 1.807) is 36.9 Å². The minimum absolute atomic E-state index is 0.0918. The van der Waals surface area contributed by atoms with Gasteiger partial charge in [-0.25, -0.2) is 4.79 Å². The van der Waals surface area contributed by atoms with Crippen LogP contribution in [0.25, 0.3) is 0 Å². The second-order valence-electron chi connectivity index (χ2n) is 7.63. The molecule has 0 bridgehead atoms. The third kappa shape index (κ3) is 4.12. The second-order valence-corrected chi connectivity index (χ2v) is 7.63. The number of amides is 1. The van der Waals surface area contributed by atoms with Gasteiger partial charge in [-0.05, 0) is 50.3 Å². The first-order valence-electron chi connectivity index (χ1n) is 8.78. The molecule has 0 saturated carbocycles. The third-order valence-electron chi connectivity index (χ3n) is 4.76. The van der Waals surface area contributed by atoms with E-state index in [0.717, 1.165) is 18.4 Å². The molecule has 1 atom stereocenters. The normalized spacial score (nSPS) is 21.9. The van der Waals surface area contributed by atoms with Gasteiger partial charge in [-0.3, -0.25) is 9.59 Å². The molecule has 1 amide bonds. The van der Waals surface area contributed by atoms with Crippen LogP contribution in [0.15, 0.2) is 36.1 Å². The number of carbonyl (C=O) groups excluding carboxylic acids is 2. The summed E-state index contributed by atoms with van der Waals surface area (Å²) in [6.07, 6.45) is 3.13. The van der Waals surface area contributed by atoms with Crippen LogP contribution in [0.3, 0.4) is 0 Å². The van der Waals surface area contributed by atoms with E-state index in [1.807, 2.05) is 6.07 Å². The highest BCUT2D eigenvalue weighted by Gasteiger charge is 2.35. The van der Waals surface area contributed by atoms with Gasteiger partial charge in [-0.2, -0.15) is 0 Å². The monoisotopic (exact) mass is 357 g/mol. The van der Waals surface area contributed by atoms with Gasteiger partial charge in [0.25, 0.3) is 5.91 Å². The molecular formula is C20H23NO5. The van der Waals surface area contributed by atoms with E-state index in [1.165, 1.54) is 6.08 Å². The van der Waals surface area contributed by atoms with Crippen molar-refractivity contribution in [2.45, 2.75) is 38.7 Å². The first-order valence-corrected chi connectivity index (χ1v) is 8.78. The number of likely N-dealkylation sites (tertiary alicyclic amines) is 1. The summed E-state index contributed by atoms with van der Waals surface area (Å²) in [5.41, 5.74) is 0.566. The predicted octanol–water partition coefficient (Wildman–Crippen LogP) is 2.43. The smallest absolute Gasteiger partial charge is 0.335 e. The maximum Gasteiger partial charge on any atom is 0.335 e. The summed E-state index contributed by atoms with van der Waals surface area (Å²) in [5, 5.41) is 9.09. The molecule has 1 aromatic rings. The van der Waals surface area contributed by atoms with Crippen LogP contribution < -0.4 is 0 Å². The molecule has 1 aromatic carbocycles. The molecule has 2 aliphatic heterocycles. The number of allylic oxidation sites excluding steroid dienone is 1. The lowest BCUT2D eigenvalue weighted by atomic mass is 9.97. The molecule has 0 aliphatic carbocycles. The van der Waals surface area contributed by atoms with Crippen molar-refractivity contribution >= 4 is 17.7 Å². The molecule has 26 heavy (non-hydrogen) atoms. The Hall–Kier alpha value is -2.63. The van der Waals surface area contributed by atoms with Gasteiger partial charge in [0.1, 0.15) is 5.60 Å². The van der Waals surface area contributed by atoms with E-state index in [-0.39, 0.29) is 35.4 Å². The minimum Gasteiger partial charge on any atom is -0.481 e. The van der Waals surface area contributed by atoms with Crippen LogP contribution in [-0.4, -0.2) is 46.4 Å². The van der Waals surface area contributed by atoms with Crippen LogP contribution in [-0.2, 0) is 20.7 Å². The molecule has 3 rings (SSSR count). The number of carboxylic acid groups (broad SMARTS) is 1. The Labute approximate surface area is 152 Å². The Morgan fingerprint density at radius 3 is 2.81 bits per heavy atom. The molecule has 138 valence electrons. The zero-order chi connectivity index (χ0) is 18.9. The number of rotatable bonds is 4. The van der Waals surface area contributed by atoms with Gasteiger partial charge in [0.15, 0.2) is 11.5 Å². The van der Waals surface area contributed by atoms with Gasteiger partial charge < -0.3 is 14.7 Å². The zero-order valence-electron chi connectivity index (χ0n) is 15.0. The van der Waals surface area contributed by atoms with Crippen LogP contribution in [0, 0.1) is 5.92 Å². The minimum atomic E-state index is -0.941. The number of carbonyl (C=O) groups is 3. The largest absolute Gasteiger partial charge is 0.481 e. The standard InChI is InChI=1S/C20H23NO5/c1-20(2)11-16(22)10-17(26-20)18(23)21-7-6-14(12-21)8-13-4-3-5-15(9-13)19(24)25/h3-5,9-10,14H,6-8,11-12H2,1-2H3,(H,24,25). The molecule has 1 N–H and O–H groups in total. The van der Waals surface area contributed by atoms with Gasteiger partial charge >= 0.3 is 5.97 Å². The van der Waals surface area contributed by atoms with Crippen LogP contribution >= 0.6 is 0 Å². The van der Waals surface area contributed by atoms with Crippen molar-refractivity contribution in [3.05, 3.63) is 47.2 Å². The Balaban J connectivity index is 1.63. The fraction of sp³-hybridized carbons (Fsp3) is 0.450. The second kappa shape index (κ2) is 6.94. The molecule has 0 spiro atoms. The molecule has 6 heteroatoms. The number of carboxylic acids is 1. The summed E-state index contributed by atoms with van der Waals surface area (Å²) < 4.78 is 5.70. The fourth-order valence-corrected chi connectivity index (χ4v) is 3.59. The van der Waals surface area contributed by atoms with E-state index in [2.05, 4.69) is 0 Å². The lowest BCUT2D eigenvalue weighted by Crippen LogP contribution is -2.38. The average molecular weight is 357 g/mol. The Morgan fingerprint density at radius 1 is 1.35 bits per heavy atom. The maximum absolute atomic E-state index is 12.7. The van der Waals surface area contributed by atoms with Crippen molar-refractivity contribution in [1.82, 2.24) is 4.90 Å². The number of ketones is 1. The van der Waals surface area contributed by atoms with E-state index in [9.17, 15) is 14.4 Å². The van der Waals surface area contributed by atoms with Crippen molar-refractivity contribution in [2.24, 2.45) is 5.92 Å². The first kappa shape index (κ1) is 18.2. The van der Waals surface area contributed by atoms with E-state index >= 15 is 0 Å². The Bertz CT molecular complexity index is 780. The molecule has 2 aliphatic rings. The van der Waals surface area contributed by atoms with Gasteiger partial charge in [0.2, 0.25) is 0 Å². The average Bonchev–Trinajstić information content (AvgIpc) is 3.01. The number of ether oxygens (including phenoxy) is 1. The molecule has 6 nitrogen and oxygen atoms in total. The van der Waals surface area contributed by atoms with E-state index in [4.69, 9.17) is 9.84 Å². The lowest BCUT2D eigenvalue weighted by molar-refractivity contribution is -0.137. The highest BCUT2D eigenvalue weighted by molar-refractivity contribution is 6.01. The van der Waals surface area contributed by atoms with Crippen LogP contribution in [0.2, 0.25) is 0 Å². The zero-order valence-corrected chi connectivity index (χ0v) is 15.0. The summed E-state index contributed by atoms with van der Waals surface area (Å²) >= 11 is 0. The topological polar surface area (TPSA) is 83.9 Å². The van der Waals surface area contributed by atoms with Crippen LogP contribution in [0.1, 0.15) is 42.6 Å². The fourth-order valence-electron chi connectivity index (χ4n) is 3.59. The maximum atomic E-state index is 12.7. The summed E-state index contributed by atoms with van der Waals surface area (Å²) in [7, 11) is 0. The molecular weight excluding hydrogens is 334 g/mol. The predicted molar refractivity (Wildman–Crippen MR) is 94.7 cm³/mol. The highest BCUT2D eigenvalue weighted by atomic mass is 16.5. The van der Waals surface area contributed by atoms with Crippen molar-refractivity contribution in [3.8, 4) is 0 Å². The Kier molecular flexibility index (Phi) is 4.85. The van der Waals surface area contributed by atoms with Crippen LogP contribution in [0.5, 0.6) is 0 Å². The van der Waals surface area contributed by atoms with Crippen LogP contribution in [0.4, 0.5) is 0 Å². The molecule has 1 fully saturated rings. The molecule has 0 radical (unpaired) electrons. The highest BCUT2D eigenvalue weighted by Crippen LogP contribution is 2.28. The molecule has 0 aromatic heterocycles. The quantitative estimate of drug-likeness (QED) is 0.895. The molecule has 1 saturated heterocycles. The first-order chi connectivity index (χ1) is 12.2. The van der Waals surface area contributed by atoms with E-state index < -0.39 is 11.6 Å². The van der Waals surface area contributed by atoms with Crippen molar-refractivity contribution < 1.29 is 24.2 Å². The van der Waals surface area contributed by atoms with Crippen molar-refractivity contribution in [2.75, 3.05) is 13.1 Å². The number of nitrogens with zero attached hydrogens (tertiary/aromatic N) is 1. The summed E-state index contributed by atoms with van der Waals surface area (Å²) in [5.74, 6) is -0.891. The number of hydrogen-bond acceptors (Lipinski definition) is 4. The van der Waals surface area contributed by atoms with Gasteiger partial charge in [-0.1, -0.05) is 12.1 Å². The molecule has 1 unspecified atom stereocenters. The SMILES string of the molecule is CC1(C)CC(=O)C=C(C(=O)N2CCC(Cc3cccc(C(=O)O)c3)C2)O1. The number of hydrogen-bond donors (Lipinski definition) is 1. The summed E-state index contributed by atoms with van der Waals surface area (Å²) in [6, 6.07) is 6.90. The number of aromatic carboxylic acids is 1. The van der Waals surface area contributed by atoms with Crippen molar-refractivity contribution in [1.29, 1.82) is 0 Å². The molecule has 2 heterocycles.